The highest BCUT2D eigenvalue weighted by atomic mass is 16.5. The van der Waals surface area contributed by atoms with Crippen molar-refractivity contribution >= 4 is 16.9 Å². The Hall–Kier alpha value is -1.88. The zero-order valence-corrected chi connectivity index (χ0v) is 10.6. The summed E-state index contributed by atoms with van der Waals surface area (Å²) in [5.41, 5.74) is 1.75. The minimum atomic E-state index is -0.825. The Labute approximate surface area is 110 Å². The minimum Gasteiger partial charge on any atom is -0.481 e. The van der Waals surface area contributed by atoms with Crippen molar-refractivity contribution in [3.05, 3.63) is 30.0 Å². The predicted molar refractivity (Wildman–Crippen MR) is 69.9 cm³/mol. The Morgan fingerprint density at radius 3 is 3.11 bits per heavy atom. The predicted octanol–water partition coefficient (Wildman–Crippen LogP) is 2.36. The number of nitrogens with zero attached hydrogens (tertiary/aromatic N) is 2. The fourth-order valence-corrected chi connectivity index (χ4v) is 2.59. The number of benzene rings is 1. The molecule has 1 saturated heterocycles. The maximum Gasteiger partial charge on any atom is 0.307 e. The van der Waals surface area contributed by atoms with Crippen LogP contribution in [0.2, 0.25) is 0 Å². The fraction of sp³-hybridized carbons (Fsp3) is 0.429. The quantitative estimate of drug-likeness (QED) is 0.920. The molecule has 1 aromatic heterocycles. The van der Waals surface area contributed by atoms with Crippen molar-refractivity contribution in [1.82, 2.24) is 9.78 Å². The maximum absolute atomic E-state index is 10.9. The molecule has 0 bridgehead atoms. The molecule has 0 radical (unpaired) electrons. The second kappa shape index (κ2) is 5.01. The largest absolute Gasteiger partial charge is 0.481 e. The van der Waals surface area contributed by atoms with Crippen molar-refractivity contribution in [2.24, 2.45) is 0 Å². The van der Waals surface area contributed by atoms with Crippen LogP contribution < -0.4 is 0 Å². The number of ether oxygens (including phenoxy) is 1. The summed E-state index contributed by atoms with van der Waals surface area (Å²) in [5.74, 6) is -0.825. The van der Waals surface area contributed by atoms with Gasteiger partial charge in [0, 0.05) is 12.0 Å². The van der Waals surface area contributed by atoms with Gasteiger partial charge in [-0.25, -0.2) is 4.68 Å². The highest BCUT2D eigenvalue weighted by Gasteiger charge is 2.19. The first kappa shape index (κ1) is 12.2. The summed E-state index contributed by atoms with van der Waals surface area (Å²) < 4.78 is 7.61. The highest BCUT2D eigenvalue weighted by molar-refractivity contribution is 5.86. The number of carbonyl (C=O) groups is 1. The molecule has 100 valence electrons. The van der Waals surface area contributed by atoms with E-state index in [1.54, 1.807) is 6.20 Å². The molecule has 1 aliphatic heterocycles. The lowest BCUT2D eigenvalue weighted by molar-refractivity contribution is -0.136. The van der Waals surface area contributed by atoms with E-state index in [0.29, 0.717) is 0 Å². The van der Waals surface area contributed by atoms with Gasteiger partial charge in [-0.2, -0.15) is 5.10 Å². The normalized spacial score (nSPS) is 19.7. The molecular weight excluding hydrogens is 244 g/mol. The molecule has 0 amide bonds. The van der Waals surface area contributed by atoms with Crippen LogP contribution in [0.1, 0.15) is 31.1 Å². The van der Waals surface area contributed by atoms with E-state index < -0.39 is 5.97 Å². The molecule has 0 spiro atoms. The molecule has 19 heavy (non-hydrogen) atoms. The third-order valence-electron chi connectivity index (χ3n) is 3.50. The molecule has 1 aliphatic rings. The number of hydrogen-bond acceptors (Lipinski definition) is 3. The molecule has 1 aromatic carbocycles. The smallest absolute Gasteiger partial charge is 0.307 e. The summed E-state index contributed by atoms with van der Waals surface area (Å²) in [6.07, 6.45) is 4.94. The van der Waals surface area contributed by atoms with E-state index in [1.165, 1.54) is 0 Å². The number of carboxylic acids is 1. The maximum atomic E-state index is 10.9. The van der Waals surface area contributed by atoms with Crippen molar-refractivity contribution in [1.29, 1.82) is 0 Å². The van der Waals surface area contributed by atoms with E-state index in [2.05, 4.69) is 5.10 Å². The third kappa shape index (κ3) is 2.33. The van der Waals surface area contributed by atoms with Crippen LogP contribution in [0.15, 0.2) is 24.4 Å². The SMILES string of the molecule is O=C(O)Cc1cccc2c1cnn2C1CCCCO1. The van der Waals surface area contributed by atoms with Gasteiger partial charge in [-0.15, -0.1) is 0 Å². The van der Waals surface area contributed by atoms with Crippen LogP contribution in [-0.4, -0.2) is 27.5 Å². The van der Waals surface area contributed by atoms with Crippen LogP contribution in [0, 0.1) is 0 Å². The Bertz CT molecular complexity index is 600. The zero-order valence-electron chi connectivity index (χ0n) is 10.6. The van der Waals surface area contributed by atoms with E-state index in [1.807, 2.05) is 22.9 Å². The van der Waals surface area contributed by atoms with Crippen molar-refractivity contribution in [3.63, 3.8) is 0 Å². The van der Waals surface area contributed by atoms with Gasteiger partial charge in [0.25, 0.3) is 0 Å². The van der Waals surface area contributed by atoms with E-state index in [0.717, 1.165) is 42.3 Å². The Morgan fingerprint density at radius 1 is 1.47 bits per heavy atom. The number of aliphatic carboxylic acids is 1. The topological polar surface area (TPSA) is 64.3 Å². The van der Waals surface area contributed by atoms with E-state index in [4.69, 9.17) is 9.84 Å². The van der Waals surface area contributed by atoms with Crippen LogP contribution in [0.3, 0.4) is 0 Å². The second-order valence-electron chi connectivity index (χ2n) is 4.83. The van der Waals surface area contributed by atoms with Crippen LogP contribution in [0.4, 0.5) is 0 Å². The van der Waals surface area contributed by atoms with Gasteiger partial charge in [0.15, 0.2) is 6.23 Å². The number of aromatic nitrogens is 2. The molecule has 3 rings (SSSR count). The lowest BCUT2D eigenvalue weighted by Crippen LogP contribution is -2.18. The molecule has 5 nitrogen and oxygen atoms in total. The van der Waals surface area contributed by atoms with Gasteiger partial charge >= 0.3 is 5.97 Å². The third-order valence-corrected chi connectivity index (χ3v) is 3.50. The first-order chi connectivity index (χ1) is 9.25. The van der Waals surface area contributed by atoms with Gasteiger partial charge in [0.1, 0.15) is 0 Å². The number of rotatable bonds is 3. The van der Waals surface area contributed by atoms with Gasteiger partial charge in [-0.3, -0.25) is 4.79 Å². The molecular formula is C14H16N2O3. The summed E-state index contributed by atoms with van der Waals surface area (Å²) in [6, 6.07) is 5.68. The molecule has 2 heterocycles. The van der Waals surface area contributed by atoms with Crippen molar-refractivity contribution in [3.8, 4) is 0 Å². The van der Waals surface area contributed by atoms with Gasteiger partial charge < -0.3 is 9.84 Å². The fourth-order valence-electron chi connectivity index (χ4n) is 2.59. The molecule has 1 unspecified atom stereocenters. The Kier molecular flexibility index (Phi) is 3.21. The second-order valence-corrected chi connectivity index (χ2v) is 4.83. The molecule has 2 aromatic rings. The zero-order chi connectivity index (χ0) is 13.2. The van der Waals surface area contributed by atoms with Crippen LogP contribution >= 0.6 is 0 Å². The van der Waals surface area contributed by atoms with Crippen molar-refractivity contribution in [2.45, 2.75) is 31.9 Å². The van der Waals surface area contributed by atoms with Gasteiger partial charge in [-0.1, -0.05) is 12.1 Å². The van der Waals surface area contributed by atoms with E-state index in [9.17, 15) is 4.79 Å². The average Bonchev–Trinajstić information content (AvgIpc) is 2.84. The Balaban J connectivity index is 2.00. The molecule has 1 fully saturated rings. The standard InChI is InChI=1S/C14H16N2O3/c17-14(18)8-10-4-3-5-12-11(10)9-15-16(12)13-6-1-2-7-19-13/h3-5,9,13H,1-2,6-8H2,(H,17,18). The highest BCUT2D eigenvalue weighted by Crippen LogP contribution is 2.27. The number of fused-ring (bicyclic) bond motifs is 1. The summed E-state index contributed by atoms with van der Waals surface area (Å²) in [7, 11) is 0. The summed E-state index contributed by atoms with van der Waals surface area (Å²) in [6.45, 7) is 0.765. The molecule has 5 heteroatoms. The van der Waals surface area contributed by atoms with Gasteiger partial charge in [0.2, 0.25) is 0 Å². The molecule has 0 aliphatic carbocycles. The summed E-state index contributed by atoms with van der Waals surface area (Å²) in [4.78, 5) is 10.9. The van der Waals surface area contributed by atoms with E-state index in [-0.39, 0.29) is 12.6 Å². The van der Waals surface area contributed by atoms with Crippen LogP contribution in [-0.2, 0) is 16.0 Å². The lowest BCUT2D eigenvalue weighted by atomic mass is 10.1. The Morgan fingerprint density at radius 2 is 2.37 bits per heavy atom. The molecule has 1 N–H and O–H groups in total. The first-order valence-electron chi connectivity index (χ1n) is 6.54. The molecule has 1 atom stereocenters. The number of hydrogen-bond donors (Lipinski definition) is 1. The molecule has 0 saturated carbocycles. The lowest BCUT2D eigenvalue weighted by Gasteiger charge is -2.23. The first-order valence-corrected chi connectivity index (χ1v) is 6.54. The van der Waals surface area contributed by atoms with Crippen molar-refractivity contribution in [2.75, 3.05) is 6.61 Å². The number of carboxylic acid groups (broad SMARTS) is 1. The van der Waals surface area contributed by atoms with Crippen LogP contribution in [0.5, 0.6) is 0 Å². The van der Waals surface area contributed by atoms with Gasteiger partial charge in [0.05, 0.1) is 18.1 Å². The van der Waals surface area contributed by atoms with E-state index >= 15 is 0 Å². The van der Waals surface area contributed by atoms with Crippen LogP contribution in [0.25, 0.3) is 10.9 Å². The summed E-state index contributed by atoms with van der Waals surface area (Å²) in [5, 5.41) is 14.2. The summed E-state index contributed by atoms with van der Waals surface area (Å²) >= 11 is 0. The minimum absolute atomic E-state index is 0.0219. The van der Waals surface area contributed by atoms with Crippen molar-refractivity contribution < 1.29 is 14.6 Å². The monoisotopic (exact) mass is 260 g/mol. The van der Waals surface area contributed by atoms with Gasteiger partial charge in [-0.05, 0) is 30.9 Å². The average molecular weight is 260 g/mol.